The van der Waals surface area contributed by atoms with Gasteiger partial charge in [0.25, 0.3) is 0 Å². The van der Waals surface area contributed by atoms with Crippen molar-refractivity contribution in [1.82, 2.24) is 9.78 Å². The first-order valence-electron chi connectivity index (χ1n) is 5.11. The number of hydrogen-bond donors (Lipinski definition) is 1. The fraction of sp³-hybridized carbons (Fsp3) is 0.700. The van der Waals surface area contributed by atoms with Crippen LogP contribution in [0.1, 0.15) is 36.8 Å². The van der Waals surface area contributed by atoms with Gasteiger partial charge in [-0.15, -0.1) is 0 Å². The van der Waals surface area contributed by atoms with Gasteiger partial charge in [0.15, 0.2) is 0 Å². The maximum absolute atomic E-state index is 5.66. The first kappa shape index (κ1) is 9.68. The lowest BCUT2D eigenvalue weighted by molar-refractivity contribution is 0.108. The Labute approximate surface area is 84.0 Å². The van der Waals surface area contributed by atoms with Gasteiger partial charge in [-0.2, -0.15) is 5.10 Å². The van der Waals surface area contributed by atoms with Crippen molar-refractivity contribution in [3.05, 3.63) is 17.0 Å². The number of aromatic nitrogens is 2. The second-order valence-electron chi connectivity index (χ2n) is 3.92. The quantitative estimate of drug-likeness (QED) is 0.765. The fourth-order valence-corrected chi connectivity index (χ4v) is 1.92. The third kappa shape index (κ3) is 1.44. The zero-order valence-corrected chi connectivity index (χ0v) is 8.79. The molecule has 0 unspecified atom stereocenters. The number of nitrogens with two attached hydrogens (primary N) is 1. The van der Waals surface area contributed by atoms with Crippen LogP contribution in [0.3, 0.4) is 0 Å². The lowest BCUT2D eigenvalue weighted by Gasteiger charge is -2.16. The summed E-state index contributed by atoms with van der Waals surface area (Å²) in [5, 5.41) is 4.52. The Bertz CT molecular complexity index is 330. The average Bonchev–Trinajstić information content (AvgIpc) is 2.56. The predicted molar refractivity (Wildman–Crippen MR) is 53.9 cm³/mol. The summed E-state index contributed by atoms with van der Waals surface area (Å²) < 4.78 is 7.51. The number of ether oxygens (including phenoxy) is 1. The van der Waals surface area contributed by atoms with Gasteiger partial charge in [0, 0.05) is 30.3 Å². The monoisotopic (exact) mass is 195 g/mol. The standard InChI is InChI=1S/C10H17N3O/c1-7(2)13-10-3-4-14-6-8(10)9(5-11)12-13/h7H,3-6,11H2,1-2H3. The van der Waals surface area contributed by atoms with Gasteiger partial charge in [-0.3, -0.25) is 4.68 Å². The largest absolute Gasteiger partial charge is 0.376 e. The van der Waals surface area contributed by atoms with Crippen LogP contribution in [0, 0.1) is 0 Å². The molecule has 0 saturated heterocycles. The van der Waals surface area contributed by atoms with E-state index in [1.54, 1.807) is 0 Å². The molecule has 2 N–H and O–H groups in total. The maximum Gasteiger partial charge on any atom is 0.0818 e. The molecule has 0 aromatic carbocycles. The minimum absolute atomic E-state index is 0.405. The van der Waals surface area contributed by atoms with Crippen LogP contribution >= 0.6 is 0 Å². The van der Waals surface area contributed by atoms with Gasteiger partial charge in [-0.25, -0.2) is 0 Å². The Morgan fingerprint density at radius 3 is 3.00 bits per heavy atom. The molecule has 2 heterocycles. The van der Waals surface area contributed by atoms with E-state index in [0.717, 1.165) is 18.7 Å². The van der Waals surface area contributed by atoms with E-state index in [9.17, 15) is 0 Å². The van der Waals surface area contributed by atoms with Crippen LogP contribution in [-0.4, -0.2) is 16.4 Å². The molecule has 2 rings (SSSR count). The lowest BCUT2D eigenvalue weighted by atomic mass is 10.1. The van der Waals surface area contributed by atoms with E-state index in [1.165, 1.54) is 11.3 Å². The van der Waals surface area contributed by atoms with Crippen molar-refractivity contribution in [3.8, 4) is 0 Å². The van der Waals surface area contributed by atoms with E-state index in [1.807, 2.05) is 0 Å². The van der Waals surface area contributed by atoms with E-state index >= 15 is 0 Å². The summed E-state index contributed by atoms with van der Waals surface area (Å²) in [7, 11) is 0. The van der Waals surface area contributed by atoms with Crippen molar-refractivity contribution in [3.63, 3.8) is 0 Å². The normalized spacial score (nSPS) is 16.0. The molecule has 0 aliphatic carbocycles. The van der Waals surface area contributed by atoms with E-state index < -0.39 is 0 Å². The van der Waals surface area contributed by atoms with Gasteiger partial charge in [0.05, 0.1) is 18.9 Å². The second kappa shape index (κ2) is 3.71. The van der Waals surface area contributed by atoms with Gasteiger partial charge in [-0.05, 0) is 13.8 Å². The van der Waals surface area contributed by atoms with Gasteiger partial charge in [0.1, 0.15) is 0 Å². The Morgan fingerprint density at radius 2 is 2.36 bits per heavy atom. The Morgan fingerprint density at radius 1 is 1.57 bits per heavy atom. The molecule has 1 aliphatic heterocycles. The van der Waals surface area contributed by atoms with Gasteiger partial charge >= 0.3 is 0 Å². The third-order valence-electron chi connectivity index (χ3n) is 2.61. The molecular weight excluding hydrogens is 178 g/mol. The molecule has 0 fully saturated rings. The summed E-state index contributed by atoms with van der Waals surface area (Å²) in [4.78, 5) is 0. The van der Waals surface area contributed by atoms with Gasteiger partial charge in [-0.1, -0.05) is 0 Å². The van der Waals surface area contributed by atoms with E-state index in [0.29, 0.717) is 19.2 Å². The highest BCUT2D eigenvalue weighted by Gasteiger charge is 2.21. The molecule has 4 nitrogen and oxygen atoms in total. The number of nitrogens with zero attached hydrogens (tertiary/aromatic N) is 2. The Balaban J connectivity index is 2.46. The molecule has 0 atom stereocenters. The molecule has 0 saturated carbocycles. The highest BCUT2D eigenvalue weighted by Crippen LogP contribution is 2.23. The van der Waals surface area contributed by atoms with Crippen LogP contribution in [0.15, 0.2) is 0 Å². The first-order valence-corrected chi connectivity index (χ1v) is 5.11. The highest BCUT2D eigenvalue weighted by molar-refractivity contribution is 5.27. The van der Waals surface area contributed by atoms with Gasteiger partial charge < -0.3 is 10.5 Å². The summed E-state index contributed by atoms with van der Waals surface area (Å²) in [6, 6.07) is 0.405. The van der Waals surface area contributed by atoms with Crippen LogP contribution in [0.25, 0.3) is 0 Å². The van der Waals surface area contributed by atoms with Crippen molar-refractivity contribution in [2.45, 2.75) is 39.5 Å². The van der Waals surface area contributed by atoms with E-state index in [4.69, 9.17) is 10.5 Å². The summed E-state index contributed by atoms with van der Waals surface area (Å²) in [5.41, 5.74) is 9.18. The molecular formula is C10H17N3O. The predicted octanol–water partition coefficient (Wildman–Crippen LogP) is 0.995. The van der Waals surface area contributed by atoms with Gasteiger partial charge in [0.2, 0.25) is 0 Å². The van der Waals surface area contributed by atoms with Crippen molar-refractivity contribution in [1.29, 1.82) is 0 Å². The Kier molecular flexibility index (Phi) is 2.56. The third-order valence-corrected chi connectivity index (χ3v) is 2.61. The minimum atomic E-state index is 0.405. The lowest BCUT2D eigenvalue weighted by Crippen LogP contribution is -2.15. The van der Waals surface area contributed by atoms with Crippen molar-refractivity contribution in [2.75, 3.05) is 6.61 Å². The maximum atomic E-state index is 5.66. The van der Waals surface area contributed by atoms with Crippen LogP contribution in [-0.2, 0) is 24.3 Å². The highest BCUT2D eigenvalue weighted by atomic mass is 16.5. The van der Waals surface area contributed by atoms with E-state index in [-0.39, 0.29) is 0 Å². The molecule has 0 radical (unpaired) electrons. The van der Waals surface area contributed by atoms with Crippen LogP contribution in [0.4, 0.5) is 0 Å². The molecule has 0 bridgehead atoms. The average molecular weight is 195 g/mol. The topological polar surface area (TPSA) is 53.1 Å². The summed E-state index contributed by atoms with van der Waals surface area (Å²) in [6.45, 7) is 6.27. The van der Waals surface area contributed by atoms with Crippen LogP contribution in [0.2, 0.25) is 0 Å². The zero-order valence-electron chi connectivity index (χ0n) is 8.79. The molecule has 4 heteroatoms. The molecule has 1 aromatic rings. The minimum Gasteiger partial charge on any atom is -0.376 e. The zero-order chi connectivity index (χ0) is 10.1. The summed E-state index contributed by atoms with van der Waals surface area (Å²) in [6.07, 6.45) is 0.959. The molecule has 0 amide bonds. The van der Waals surface area contributed by atoms with E-state index in [2.05, 4.69) is 23.6 Å². The molecule has 0 spiro atoms. The van der Waals surface area contributed by atoms with Crippen molar-refractivity contribution in [2.24, 2.45) is 5.73 Å². The smallest absolute Gasteiger partial charge is 0.0818 e. The summed E-state index contributed by atoms with van der Waals surface area (Å²) >= 11 is 0. The number of fused-ring (bicyclic) bond motifs is 1. The van der Waals surface area contributed by atoms with Crippen molar-refractivity contribution < 1.29 is 4.74 Å². The fourth-order valence-electron chi connectivity index (χ4n) is 1.92. The number of hydrogen-bond acceptors (Lipinski definition) is 3. The molecule has 14 heavy (non-hydrogen) atoms. The van der Waals surface area contributed by atoms with Crippen LogP contribution < -0.4 is 5.73 Å². The number of rotatable bonds is 2. The second-order valence-corrected chi connectivity index (χ2v) is 3.92. The van der Waals surface area contributed by atoms with Crippen LogP contribution in [0.5, 0.6) is 0 Å². The Hall–Kier alpha value is -0.870. The van der Waals surface area contributed by atoms with Crippen molar-refractivity contribution >= 4 is 0 Å². The SMILES string of the molecule is CC(C)n1nc(CN)c2c1CCOC2. The first-order chi connectivity index (χ1) is 6.74. The molecule has 78 valence electrons. The molecule has 1 aromatic heterocycles. The summed E-state index contributed by atoms with van der Waals surface area (Å²) in [5.74, 6) is 0. The molecule has 1 aliphatic rings.